The maximum absolute atomic E-state index is 11.0. The van der Waals surface area contributed by atoms with E-state index in [2.05, 4.69) is 60.7 Å². The molecule has 0 aliphatic rings. The fraction of sp³-hybridized carbons (Fsp3) is 0.0417. The third-order valence-electron chi connectivity index (χ3n) is 4.60. The summed E-state index contributed by atoms with van der Waals surface area (Å²) in [5.41, 5.74) is 5.99. The molecule has 8 heteroatoms. The molecule has 0 saturated carbocycles. The second kappa shape index (κ2) is 10.3. The summed E-state index contributed by atoms with van der Waals surface area (Å²) in [7, 11) is 0. The summed E-state index contributed by atoms with van der Waals surface area (Å²) in [6, 6.07) is 22.5. The van der Waals surface area contributed by atoms with Gasteiger partial charge in [0.1, 0.15) is 18.2 Å². The van der Waals surface area contributed by atoms with Gasteiger partial charge in [-0.2, -0.15) is 5.10 Å². The van der Waals surface area contributed by atoms with Gasteiger partial charge in [0.25, 0.3) is 0 Å². The van der Waals surface area contributed by atoms with Crippen molar-refractivity contribution in [2.24, 2.45) is 5.10 Å². The van der Waals surface area contributed by atoms with Crippen molar-refractivity contribution >= 4 is 74.1 Å². The number of hydrazone groups is 1. The average molecular weight is 649 g/mol. The lowest BCUT2D eigenvalue weighted by Crippen LogP contribution is -2.02. The van der Waals surface area contributed by atoms with Crippen LogP contribution in [0.15, 0.2) is 77.9 Å². The third kappa shape index (κ3) is 5.54. The summed E-state index contributed by atoms with van der Waals surface area (Å²) in [4.78, 5) is 15.5. The molecule has 1 aromatic heterocycles. The van der Waals surface area contributed by atoms with Crippen LogP contribution in [0.2, 0.25) is 0 Å². The van der Waals surface area contributed by atoms with E-state index < -0.39 is 5.97 Å². The van der Waals surface area contributed by atoms with Crippen LogP contribution < -0.4 is 10.2 Å². The highest BCUT2D eigenvalue weighted by atomic mass is 127. The highest BCUT2D eigenvalue weighted by Gasteiger charge is 2.09. The SMILES string of the molecule is O=C(O)c1ccc(COc2c(I)cc(/C=N\Nc3ccc4ccccc4n3)cc2I)cc1. The van der Waals surface area contributed by atoms with Crippen molar-refractivity contribution in [3.8, 4) is 5.75 Å². The van der Waals surface area contributed by atoms with Crippen molar-refractivity contribution in [2.45, 2.75) is 6.61 Å². The number of aromatic nitrogens is 1. The Morgan fingerprint density at radius 3 is 2.47 bits per heavy atom. The van der Waals surface area contributed by atoms with Gasteiger partial charge in [-0.3, -0.25) is 5.43 Å². The van der Waals surface area contributed by atoms with Crippen LogP contribution >= 0.6 is 45.2 Å². The number of ether oxygens (including phenoxy) is 1. The Hall–Kier alpha value is -2.73. The largest absolute Gasteiger partial charge is 0.487 e. The van der Waals surface area contributed by atoms with E-state index in [1.54, 1.807) is 30.5 Å². The van der Waals surface area contributed by atoms with Crippen LogP contribution in [-0.4, -0.2) is 22.3 Å². The van der Waals surface area contributed by atoms with Crippen molar-refractivity contribution in [3.63, 3.8) is 0 Å². The zero-order valence-corrected chi connectivity index (χ0v) is 20.9. The summed E-state index contributed by atoms with van der Waals surface area (Å²) in [6.07, 6.45) is 1.75. The first-order valence-corrected chi connectivity index (χ1v) is 11.7. The van der Waals surface area contributed by atoms with Crippen LogP contribution in [-0.2, 0) is 6.61 Å². The maximum Gasteiger partial charge on any atom is 0.335 e. The van der Waals surface area contributed by atoms with Gasteiger partial charge in [0, 0.05) is 5.39 Å². The molecule has 0 bridgehead atoms. The van der Waals surface area contributed by atoms with Gasteiger partial charge in [0.05, 0.1) is 24.4 Å². The lowest BCUT2D eigenvalue weighted by Gasteiger charge is -2.11. The third-order valence-corrected chi connectivity index (χ3v) is 6.20. The Bertz CT molecular complexity index is 1280. The minimum Gasteiger partial charge on any atom is -0.487 e. The summed E-state index contributed by atoms with van der Waals surface area (Å²) < 4.78 is 7.91. The number of hydrogen-bond donors (Lipinski definition) is 2. The maximum atomic E-state index is 11.0. The molecule has 1 heterocycles. The Balaban J connectivity index is 1.41. The van der Waals surface area contributed by atoms with Gasteiger partial charge >= 0.3 is 5.97 Å². The van der Waals surface area contributed by atoms with E-state index in [0.717, 1.165) is 34.9 Å². The van der Waals surface area contributed by atoms with Crippen molar-refractivity contribution in [1.82, 2.24) is 4.98 Å². The Kier molecular flexibility index (Phi) is 7.20. The number of fused-ring (bicyclic) bond motifs is 1. The number of nitrogens with one attached hydrogen (secondary N) is 1. The number of nitrogens with zero attached hydrogens (tertiary/aromatic N) is 2. The van der Waals surface area contributed by atoms with Gasteiger partial charge in [-0.15, -0.1) is 0 Å². The van der Waals surface area contributed by atoms with Gasteiger partial charge in [-0.05, 0) is 98.8 Å². The number of carbonyl (C=O) groups is 1. The van der Waals surface area contributed by atoms with Crippen LogP contribution in [0.3, 0.4) is 0 Å². The van der Waals surface area contributed by atoms with E-state index in [9.17, 15) is 4.79 Å². The highest BCUT2D eigenvalue weighted by Crippen LogP contribution is 2.29. The van der Waals surface area contributed by atoms with Gasteiger partial charge in [-0.25, -0.2) is 9.78 Å². The molecule has 6 nitrogen and oxygen atoms in total. The molecule has 0 spiro atoms. The molecule has 0 fully saturated rings. The smallest absolute Gasteiger partial charge is 0.335 e. The summed E-state index contributed by atoms with van der Waals surface area (Å²) in [5, 5.41) is 14.4. The molecule has 0 amide bonds. The summed E-state index contributed by atoms with van der Waals surface area (Å²) in [5.74, 6) is 0.526. The monoisotopic (exact) mass is 649 g/mol. The van der Waals surface area contributed by atoms with Crippen molar-refractivity contribution < 1.29 is 14.6 Å². The standard InChI is InChI=1S/C24H17I2N3O3/c25-19-11-16(13-27-29-22-10-9-17-3-1-2-4-21(17)28-22)12-20(26)23(19)32-14-15-5-7-18(8-6-15)24(30)31/h1-13H,14H2,(H,28,29)(H,30,31)/b27-13-. The predicted molar refractivity (Wildman–Crippen MR) is 143 cm³/mol. The Morgan fingerprint density at radius 2 is 1.75 bits per heavy atom. The number of carboxylic acid groups (broad SMARTS) is 1. The van der Waals surface area contributed by atoms with Crippen LogP contribution in [0.5, 0.6) is 5.75 Å². The van der Waals surface area contributed by atoms with E-state index in [0.29, 0.717) is 12.4 Å². The number of pyridine rings is 1. The quantitative estimate of drug-likeness (QED) is 0.142. The molecular formula is C24H17I2N3O3. The zero-order chi connectivity index (χ0) is 22.5. The molecule has 3 aromatic carbocycles. The number of para-hydroxylation sites is 1. The molecule has 0 aliphatic heterocycles. The van der Waals surface area contributed by atoms with Gasteiger partial charge in [0.15, 0.2) is 0 Å². The van der Waals surface area contributed by atoms with Crippen LogP contribution in [0, 0.1) is 7.14 Å². The molecule has 2 N–H and O–H groups in total. The highest BCUT2D eigenvalue weighted by molar-refractivity contribution is 14.1. The molecule has 0 atom stereocenters. The molecular weight excluding hydrogens is 632 g/mol. The van der Waals surface area contributed by atoms with E-state index in [4.69, 9.17) is 9.84 Å². The second-order valence-electron chi connectivity index (χ2n) is 6.86. The summed E-state index contributed by atoms with van der Waals surface area (Å²) in [6.45, 7) is 0.356. The number of anilines is 1. The molecule has 0 saturated heterocycles. The first-order chi connectivity index (χ1) is 15.5. The van der Waals surface area contributed by atoms with Crippen LogP contribution in [0.4, 0.5) is 5.82 Å². The average Bonchev–Trinajstić information content (AvgIpc) is 2.79. The molecule has 32 heavy (non-hydrogen) atoms. The van der Waals surface area contributed by atoms with Crippen molar-refractivity contribution in [3.05, 3.63) is 96.6 Å². The number of aromatic carboxylic acids is 1. The zero-order valence-electron chi connectivity index (χ0n) is 16.6. The van der Waals surface area contributed by atoms with E-state index in [1.807, 2.05) is 48.5 Å². The normalized spacial score (nSPS) is 11.1. The van der Waals surface area contributed by atoms with Crippen molar-refractivity contribution in [1.29, 1.82) is 0 Å². The Morgan fingerprint density at radius 1 is 1.03 bits per heavy atom. The van der Waals surface area contributed by atoms with Gasteiger partial charge in [-0.1, -0.05) is 30.3 Å². The fourth-order valence-corrected chi connectivity index (χ4v) is 5.12. The Labute approximate surface area is 212 Å². The second-order valence-corrected chi connectivity index (χ2v) is 9.19. The van der Waals surface area contributed by atoms with Gasteiger partial charge < -0.3 is 9.84 Å². The van der Waals surface area contributed by atoms with E-state index in [1.165, 1.54) is 0 Å². The number of carboxylic acids is 1. The van der Waals surface area contributed by atoms with Crippen molar-refractivity contribution in [2.75, 3.05) is 5.43 Å². The first kappa shape index (κ1) is 22.5. The fourth-order valence-electron chi connectivity index (χ4n) is 2.99. The van der Waals surface area contributed by atoms with Crippen LogP contribution in [0.25, 0.3) is 10.9 Å². The minimum absolute atomic E-state index is 0.258. The van der Waals surface area contributed by atoms with E-state index in [-0.39, 0.29) is 5.56 Å². The number of benzene rings is 3. The lowest BCUT2D eigenvalue weighted by molar-refractivity contribution is 0.0697. The first-order valence-electron chi connectivity index (χ1n) is 9.58. The molecule has 0 radical (unpaired) electrons. The molecule has 0 aliphatic carbocycles. The summed E-state index contributed by atoms with van der Waals surface area (Å²) >= 11 is 4.48. The lowest BCUT2D eigenvalue weighted by atomic mass is 10.1. The molecule has 160 valence electrons. The molecule has 0 unspecified atom stereocenters. The van der Waals surface area contributed by atoms with E-state index >= 15 is 0 Å². The molecule has 4 aromatic rings. The number of rotatable bonds is 7. The minimum atomic E-state index is -0.940. The van der Waals surface area contributed by atoms with Crippen LogP contribution in [0.1, 0.15) is 21.5 Å². The number of halogens is 2. The van der Waals surface area contributed by atoms with Gasteiger partial charge in [0.2, 0.25) is 0 Å². The number of hydrogen-bond acceptors (Lipinski definition) is 5. The molecule has 4 rings (SSSR count). The topological polar surface area (TPSA) is 83.8 Å². The predicted octanol–water partition coefficient (Wildman–Crippen LogP) is 6.17.